The molecule has 4 nitrogen and oxygen atoms in total. The highest BCUT2D eigenvalue weighted by Crippen LogP contribution is 2.32. The maximum absolute atomic E-state index is 11.2. The minimum Gasteiger partial charge on any atom is -0.493 e. The van der Waals surface area contributed by atoms with Crippen LogP contribution in [-0.2, 0) is 4.74 Å². The average Bonchev–Trinajstić information content (AvgIpc) is 2.36. The number of hydrogen-bond acceptors (Lipinski definition) is 3. The molecule has 1 heterocycles. The summed E-state index contributed by atoms with van der Waals surface area (Å²) in [5.41, 5.74) is 1.16. The van der Waals surface area contributed by atoms with E-state index in [1.807, 2.05) is 24.3 Å². The van der Waals surface area contributed by atoms with E-state index in [4.69, 9.17) is 9.47 Å². The molecule has 92 valence electrons. The predicted molar refractivity (Wildman–Crippen MR) is 64.3 cm³/mol. The minimum absolute atomic E-state index is 0.310. The van der Waals surface area contributed by atoms with E-state index in [9.17, 15) is 4.79 Å². The molecule has 0 spiro atoms. The zero-order chi connectivity index (χ0) is 12.1. The molecule has 1 N–H and O–H groups in total. The highest BCUT2D eigenvalue weighted by molar-refractivity contribution is 5.67. The zero-order valence-corrected chi connectivity index (χ0v) is 9.94. The summed E-state index contributed by atoms with van der Waals surface area (Å²) in [5, 5.41) is 2.78. The summed E-state index contributed by atoms with van der Waals surface area (Å²) >= 11 is 0. The molecule has 1 amide bonds. The summed E-state index contributed by atoms with van der Waals surface area (Å²) in [6, 6.07) is 7.96. The Morgan fingerprint density at radius 1 is 1.53 bits per heavy atom. The predicted octanol–water partition coefficient (Wildman–Crippen LogP) is 2.30. The van der Waals surface area contributed by atoms with Crippen molar-refractivity contribution in [2.24, 2.45) is 0 Å². The molecule has 1 aromatic carbocycles. The maximum atomic E-state index is 11.2. The Bertz CT molecular complexity index is 392. The van der Waals surface area contributed by atoms with E-state index in [2.05, 4.69) is 5.32 Å². The quantitative estimate of drug-likeness (QED) is 0.874. The number of rotatable bonds is 3. The molecule has 0 aliphatic carbocycles. The summed E-state index contributed by atoms with van der Waals surface area (Å²) in [6.07, 6.45) is 0.570. The van der Waals surface area contributed by atoms with E-state index in [0.717, 1.165) is 17.7 Å². The van der Waals surface area contributed by atoms with Gasteiger partial charge in [-0.2, -0.15) is 0 Å². The zero-order valence-electron chi connectivity index (χ0n) is 9.94. The van der Waals surface area contributed by atoms with Gasteiger partial charge in [0.05, 0.1) is 13.2 Å². The summed E-state index contributed by atoms with van der Waals surface area (Å²) in [6.45, 7) is 3.49. The molecule has 0 bridgehead atoms. The second kappa shape index (κ2) is 5.57. The standard InChI is InChI=1S/C13H17NO3/c1-2-16-13(15)14-9-10-7-8-17-12-6-4-3-5-11(10)12/h3-6,10H,2,7-9H2,1H3,(H,14,15). The van der Waals surface area contributed by atoms with Crippen molar-refractivity contribution in [3.63, 3.8) is 0 Å². The second-order valence-corrected chi connectivity index (χ2v) is 3.97. The van der Waals surface area contributed by atoms with Gasteiger partial charge in [0, 0.05) is 12.5 Å². The first-order valence-electron chi connectivity index (χ1n) is 5.93. The Morgan fingerprint density at radius 2 is 2.35 bits per heavy atom. The van der Waals surface area contributed by atoms with Crippen molar-refractivity contribution in [2.45, 2.75) is 19.3 Å². The molecule has 0 aromatic heterocycles. The molecule has 4 heteroatoms. The minimum atomic E-state index is -0.350. The first-order chi connectivity index (χ1) is 8.31. The molecule has 1 atom stereocenters. The van der Waals surface area contributed by atoms with Gasteiger partial charge in [-0.15, -0.1) is 0 Å². The van der Waals surface area contributed by atoms with Crippen molar-refractivity contribution in [2.75, 3.05) is 19.8 Å². The molecule has 17 heavy (non-hydrogen) atoms. The van der Waals surface area contributed by atoms with Crippen molar-refractivity contribution in [1.82, 2.24) is 5.32 Å². The number of amides is 1. The molecular weight excluding hydrogens is 218 g/mol. The first kappa shape index (κ1) is 11.8. The van der Waals surface area contributed by atoms with Crippen LogP contribution in [0.2, 0.25) is 0 Å². The Kier molecular flexibility index (Phi) is 3.85. The van der Waals surface area contributed by atoms with Crippen LogP contribution in [0.3, 0.4) is 0 Å². The molecule has 1 aliphatic rings. The van der Waals surface area contributed by atoms with E-state index in [1.54, 1.807) is 6.92 Å². The summed E-state index contributed by atoms with van der Waals surface area (Å²) in [5.74, 6) is 1.23. The van der Waals surface area contributed by atoms with Crippen molar-refractivity contribution in [3.8, 4) is 5.75 Å². The number of fused-ring (bicyclic) bond motifs is 1. The van der Waals surface area contributed by atoms with Gasteiger partial charge in [0.1, 0.15) is 5.75 Å². The normalized spacial score (nSPS) is 17.8. The number of ether oxygens (including phenoxy) is 2. The number of carbonyl (C=O) groups excluding carboxylic acids is 1. The molecule has 0 saturated carbocycles. The third-order valence-corrected chi connectivity index (χ3v) is 2.85. The average molecular weight is 235 g/mol. The van der Waals surface area contributed by atoms with Crippen LogP contribution >= 0.6 is 0 Å². The topological polar surface area (TPSA) is 47.6 Å². The van der Waals surface area contributed by atoms with Crippen LogP contribution in [0.4, 0.5) is 4.79 Å². The van der Waals surface area contributed by atoms with E-state index in [-0.39, 0.29) is 6.09 Å². The summed E-state index contributed by atoms with van der Waals surface area (Å²) in [7, 11) is 0. The van der Waals surface area contributed by atoms with Gasteiger partial charge in [-0.25, -0.2) is 4.79 Å². The summed E-state index contributed by atoms with van der Waals surface area (Å²) < 4.78 is 10.4. The monoisotopic (exact) mass is 235 g/mol. The van der Waals surface area contributed by atoms with Gasteiger partial charge in [-0.3, -0.25) is 0 Å². The molecule has 0 radical (unpaired) electrons. The Morgan fingerprint density at radius 3 is 3.18 bits per heavy atom. The molecular formula is C13H17NO3. The van der Waals surface area contributed by atoms with Crippen LogP contribution in [0.15, 0.2) is 24.3 Å². The van der Waals surface area contributed by atoms with Crippen molar-refractivity contribution in [3.05, 3.63) is 29.8 Å². The highest BCUT2D eigenvalue weighted by atomic mass is 16.5. The number of nitrogens with one attached hydrogen (secondary N) is 1. The van der Waals surface area contributed by atoms with Gasteiger partial charge in [0.15, 0.2) is 0 Å². The lowest BCUT2D eigenvalue weighted by molar-refractivity contribution is 0.150. The summed E-state index contributed by atoms with van der Waals surface area (Å²) in [4.78, 5) is 11.2. The van der Waals surface area contributed by atoms with E-state index in [0.29, 0.717) is 25.7 Å². The van der Waals surface area contributed by atoms with Crippen molar-refractivity contribution in [1.29, 1.82) is 0 Å². The molecule has 0 saturated heterocycles. The van der Waals surface area contributed by atoms with Crippen LogP contribution in [0.5, 0.6) is 5.75 Å². The number of carbonyl (C=O) groups is 1. The largest absolute Gasteiger partial charge is 0.493 e. The van der Waals surface area contributed by atoms with Crippen molar-refractivity contribution >= 4 is 6.09 Å². The third kappa shape index (κ3) is 2.90. The Balaban J connectivity index is 1.97. The van der Waals surface area contributed by atoms with Gasteiger partial charge >= 0.3 is 6.09 Å². The fourth-order valence-electron chi connectivity index (χ4n) is 2.02. The number of hydrogen-bond donors (Lipinski definition) is 1. The number of alkyl carbamates (subject to hydrolysis) is 1. The second-order valence-electron chi connectivity index (χ2n) is 3.97. The Hall–Kier alpha value is -1.71. The lowest BCUT2D eigenvalue weighted by Gasteiger charge is -2.25. The lowest BCUT2D eigenvalue weighted by Crippen LogP contribution is -2.31. The van der Waals surface area contributed by atoms with Crippen LogP contribution in [0.1, 0.15) is 24.8 Å². The fourth-order valence-corrected chi connectivity index (χ4v) is 2.02. The van der Waals surface area contributed by atoms with Crippen LogP contribution in [-0.4, -0.2) is 25.9 Å². The van der Waals surface area contributed by atoms with Gasteiger partial charge in [0.2, 0.25) is 0 Å². The van der Waals surface area contributed by atoms with E-state index in [1.165, 1.54) is 0 Å². The van der Waals surface area contributed by atoms with Crippen LogP contribution in [0, 0.1) is 0 Å². The highest BCUT2D eigenvalue weighted by Gasteiger charge is 2.21. The molecule has 1 unspecified atom stereocenters. The number of para-hydroxylation sites is 1. The van der Waals surface area contributed by atoms with Gasteiger partial charge in [-0.05, 0) is 25.0 Å². The molecule has 1 aliphatic heterocycles. The van der Waals surface area contributed by atoms with Gasteiger partial charge in [-0.1, -0.05) is 18.2 Å². The van der Waals surface area contributed by atoms with Crippen molar-refractivity contribution < 1.29 is 14.3 Å². The third-order valence-electron chi connectivity index (χ3n) is 2.85. The maximum Gasteiger partial charge on any atom is 0.407 e. The smallest absolute Gasteiger partial charge is 0.407 e. The van der Waals surface area contributed by atoms with E-state index >= 15 is 0 Å². The van der Waals surface area contributed by atoms with Crippen LogP contribution in [0.25, 0.3) is 0 Å². The molecule has 0 fully saturated rings. The molecule has 2 rings (SSSR count). The Labute approximate surface area is 101 Å². The SMILES string of the molecule is CCOC(=O)NCC1CCOc2ccccc21. The van der Waals surface area contributed by atoms with Gasteiger partial charge in [0.25, 0.3) is 0 Å². The number of benzene rings is 1. The first-order valence-corrected chi connectivity index (χ1v) is 5.93. The lowest BCUT2D eigenvalue weighted by atomic mass is 9.93. The fraction of sp³-hybridized carbons (Fsp3) is 0.462. The van der Waals surface area contributed by atoms with Crippen LogP contribution < -0.4 is 10.1 Å². The molecule has 1 aromatic rings. The van der Waals surface area contributed by atoms with Gasteiger partial charge < -0.3 is 14.8 Å². The van der Waals surface area contributed by atoms with E-state index < -0.39 is 0 Å².